The van der Waals surface area contributed by atoms with Crippen molar-refractivity contribution in [2.75, 3.05) is 18.8 Å². The molecule has 1 aromatic carbocycles. The molecule has 0 bridgehead atoms. The molecule has 4 nitrogen and oxygen atoms in total. The largest absolute Gasteiger partial charge is 0.399 e. The Morgan fingerprint density at radius 1 is 1.33 bits per heavy atom. The van der Waals surface area contributed by atoms with Crippen LogP contribution in [0.5, 0.6) is 0 Å². The Morgan fingerprint density at radius 3 is 2.90 bits per heavy atom. The molecule has 0 aliphatic carbocycles. The molecule has 112 valence electrons. The quantitative estimate of drug-likeness (QED) is 0.853. The molecule has 2 aromatic rings. The van der Waals surface area contributed by atoms with Gasteiger partial charge in [-0.1, -0.05) is 18.2 Å². The maximum Gasteiger partial charge on any atom is 0.242 e. The van der Waals surface area contributed by atoms with Crippen LogP contribution in [0.4, 0.5) is 5.69 Å². The summed E-state index contributed by atoms with van der Waals surface area (Å²) in [6, 6.07) is 11.7. The number of nitrogens with two attached hydrogens (primary N) is 1. The molecule has 21 heavy (non-hydrogen) atoms. The second-order valence-electron chi connectivity index (χ2n) is 4.92. The zero-order valence-corrected chi connectivity index (χ0v) is 13.1. The summed E-state index contributed by atoms with van der Waals surface area (Å²) in [7, 11) is 0. The summed E-state index contributed by atoms with van der Waals surface area (Å²) in [5.41, 5.74) is 7.73. The number of carbonyl (C=O) groups excluding carboxylic acids is 1. The van der Waals surface area contributed by atoms with E-state index in [0.29, 0.717) is 6.54 Å². The van der Waals surface area contributed by atoms with E-state index in [0.717, 1.165) is 29.2 Å². The minimum absolute atomic E-state index is 0. The average molecular weight is 324 g/mol. The average Bonchev–Trinajstić information content (AvgIpc) is 2.92. The van der Waals surface area contributed by atoms with Gasteiger partial charge in [-0.15, -0.1) is 23.7 Å². The van der Waals surface area contributed by atoms with Crippen molar-refractivity contribution in [3.63, 3.8) is 0 Å². The number of nitrogens with zero attached hydrogens (tertiary/aromatic N) is 1. The predicted octanol–water partition coefficient (Wildman–Crippen LogP) is 2.43. The fourth-order valence-electron chi connectivity index (χ4n) is 2.57. The van der Waals surface area contributed by atoms with Gasteiger partial charge in [0, 0.05) is 30.2 Å². The normalized spacial score (nSPS) is 18.9. The standard InChI is InChI=1S/C15H17N3OS.ClH/c16-12-4-1-3-11(9-12)10-18-7-6-17-15(19)14(18)13-5-2-8-20-13;/h1-5,8-9,14H,6-7,10,16H2,(H,17,19);1H. The fraction of sp³-hybridized carbons (Fsp3) is 0.267. The minimum Gasteiger partial charge on any atom is -0.399 e. The molecule has 1 aliphatic rings. The molecule has 0 saturated carbocycles. The molecule has 6 heteroatoms. The first-order valence-electron chi connectivity index (χ1n) is 6.63. The monoisotopic (exact) mass is 323 g/mol. The minimum atomic E-state index is -0.190. The van der Waals surface area contributed by atoms with Gasteiger partial charge in [0.05, 0.1) is 0 Å². The molecular formula is C15H18ClN3OS. The van der Waals surface area contributed by atoms with E-state index in [-0.39, 0.29) is 24.4 Å². The fourth-order valence-corrected chi connectivity index (χ4v) is 3.42. The number of benzene rings is 1. The maximum atomic E-state index is 12.2. The zero-order chi connectivity index (χ0) is 13.9. The van der Waals surface area contributed by atoms with Crippen molar-refractivity contribution in [3.8, 4) is 0 Å². The molecule has 1 aliphatic heterocycles. The van der Waals surface area contributed by atoms with E-state index in [4.69, 9.17) is 5.73 Å². The first kappa shape index (κ1) is 15.8. The van der Waals surface area contributed by atoms with Crippen LogP contribution in [0.15, 0.2) is 41.8 Å². The molecule has 0 spiro atoms. The second-order valence-corrected chi connectivity index (χ2v) is 5.90. The Labute approximate surface area is 134 Å². The summed E-state index contributed by atoms with van der Waals surface area (Å²) in [4.78, 5) is 15.5. The van der Waals surface area contributed by atoms with E-state index >= 15 is 0 Å². The highest BCUT2D eigenvalue weighted by Gasteiger charge is 2.31. The number of amides is 1. The van der Waals surface area contributed by atoms with Crippen molar-refractivity contribution in [2.24, 2.45) is 0 Å². The molecule has 1 aromatic heterocycles. The summed E-state index contributed by atoms with van der Waals surface area (Å²) in [5.74, 6) is 0.0857. The van der Waals surface area contributed by atoms with E-state index in [9.17, 15) is 4.79 Å². The van der Waals surface area contributed by atoms with Gasteiger partial charge >= 0.3 is 0 Å². The zero-order valence-electron chi connectivity index (χ0n) is 11.5. The summed E-state index contributed by atoms with van der Waals surface area (Å²) in [6.07, 6.45) is 0. The first-order valence-corrected chi connectivity index (χ1v) is 7.51. The van der Waals surface area contributed by atoms with Crippen LogP contribution >= 0.6 is 23.7 Å². The van der Waals surface area contributed by atoms with Gasteiger partial charge in [0.25, 0.3) is 0 Å². The second kappa shape index (κ2) is 6.93. The number of rotatable bonds is 3. The van der Waals surface area contributed by atoms with Crippen LogP contribution in [-0.4, -0.2) is 23.9 Å². The van der Waals surface area contributed by atoms with Crippen LogP contribution in [0.2, 0.25) is 0 Å². The smallest absolute Gasteiger partial charge is 0.242 e. The van der Waals surface area contributed by atoms with Crippen LogP contribution in [0.3, 0.4) is 0 Å². The molecule has 3 N–H and O–H groups in total. The lowest BCUT2D eigenvalue weighted by molar-refractivity contribution is -0.129. The third-order valence-electron chi connectivity index (χ3n) is 3.46. The molecule has 2 heterocycles. The van der Waals surface area contributed by atoms with Crippen LogP contribution < -0.4 is 11.1 Å². The third-order valence-corrected chi connectivity index (χ3v) is 4.39. The van der Waals surface area contributed by atoms with Crippen molar-refractivity contribution in [1.82, 2.24) is 10.2 Å². The Bertz CT molecular complexity index is 603. The van der Waals surface area contributed by atoms with Crippen molar-refractivity contribution in [2.45, 2.75) is 12.6 Å². The molecule has 3 rings (SSSR count). The highest BCUT2D eigenvalue weighted by molar-refractivity contribution is 7.10. The van der Waals surface area contributed by atoms with Crippen molar-refractivity contribution < 1.29 is 4.79 Å². The SMILES string of the molecule is Cl.Nc1cccc(CN2CCNC(=O)C2c2cccs2)c1. The topological polar surface area (TPSA) is 58.4 Å². The Hall–Kier alpha value is -1.56. The first-order chi connectivity index (χ1) is 9.74. The van der Waals surface area contributed by atoms with E-state index in [1.54, 1.807) is 11.3 Å². The lowest BCUT2D eigenvalue weighted by atomic mass is 10.1. The van der Waals surface area contributed by atoms with E-state index in [1.165, 1.54) is 0 Å². The number of hydrogen-bond donors (Lipinski definition) is 2. The van der Waals surface area contributed by atoms with Gasteiger partial charge in [0.1, 0.15) is 6.04 Å². The molecule has 1 fully saturated rings. The van der Waals surface area contributed by atoms with Gasteiger partial charge in [-0.05, 0) is 29.1 Å². The molecule has 1 amide bonds. The number of piperazine rings is 1. The van der Waals surface area contributed by atoms with Crippen molar-refractivity contribution in [1.29, 1.82) is 0 Å². The van der Waals surface area contributed by atoms with Gasteiger partial charge in [-0.25, -0.2) is 0 Å². The third kappa shape index (κ3) is 3.56. The summed E-state index contributed by atoms with van der Waals surface area (Å²) < 4.78 is 0. The number of carbonyl (C=O) groups is 1. The highest BCUT2D eigenvalue weighted by Crippen LogP contribution is 2.28. The van der Waals surface area contributed by atoms with Crippen molar-refractivity contribution in [3.05, 3.63) is 52.2 Å². The highest BCUT2D eigenvalue weighted by atomic mass is 35.5. The van der Waals surface area contributed by atoms with Crippen LogP contribution in [0, 0.1) is 0 Å². The van der Waals surface area contributed by atoms with Gasteiger partial charge in [-0.3, -0.25) is 9.69 Å². The van der Waals surface area contributed by atoms with Gasteiger partial charge in [-0.2, -0.15) is 0 Å². The number of nitrogens with one attached hydrogen (secondary N) is 1. The van der Waals surface area contributed by atoms with Gasteiger partial charge in [0.15, 0.2) is 0 Å². The molecular weight excluding hydrogens is 306 g/mol. The summed E-state index contributed by atoms with van der Waals surface area (Å²) >= 11 is 1.62. The van der Waals surface area contributed by atoms with E-state index < -0.39 is 0 Å². The Kier molecular flexibility index (Phi) is 5.22. The van der Waals surface area contributed by atoms with Gasteiger partial charge in [0.2, 0.25) is 5.91 Å². The number of anilines is 1. The van der Waals surface area contributed by atoms with Crippen molar-refractivity contribution >= 4 is 35.3 Å². The van der Waals surface area contributed by atoms with Crippen LogP contribution in [0.25, 0.3) is 0 Å². The number of nitrogen functional groups attached to an aromatic ring is 1. The predicted molar refractivity (Wildman–Crippen MR) is 88.6 cm³/mol. The van der Waals surface area contributed by atoms with Crippen LogP contribution in [-0.2, 0) is 11.3 Å². The molecule has 1 unspecified atom stereocenters. The summed E-state index contributed by atoms with van der Waals surface area (Å²) in [5, 5.41) is 4.96. The van der Waals surface area contributed by atoms with Crippen LogP contribution in [0.1, 0.15) is 16.5 Å². The number of halogens is 1. The van der Waals surface area contributed by atoms with E-state index in [2.05, 4.69) is 10.2 Å². The van der Waals surface area contributed by atoms with E-state index in [1.807, 2.05) is 41.8 Å². The molecule has 0 radical (unpaired) electrons. The number of hydrogen-bond acceptors (Lipinski definition) is 4. The maximum absolute atomic E-state index is 12.2. The summed E-state index contributed by atoms with van der Waals surface area (Å²) in [6.45, 7) is 2.28. The Morgan fingerprint density at radius 2 is 2.19 bits per heavy atom. The Balaban J connectivity index is 0.00000161. The molecule has 1 saturated heterocycles. The lowest BCUT2D eigenvalue weighted by Gasteiger charge is -2.34. The lowest BCUT2D eigenvalue weighted by Crippen LogP contribution is -2.49. The number of thiophene rings is 1. The van der Waals surface area contributed by atoms with Gasteiger partial charge < -0.3 is 11.1 Å². The molecule has 1 atom stereocenters.